The molecule has 4 N–H and O–H groups in total. The standard InChI is InChI=1S/C7H13N5O3S2/c1-17(14,15)10-4-2-3-9-5(13)6-11-12-7(8)16-6/h10H,2-4H2,1H3,(H2,8,12)(H,9,13). The molecule has 0 aliphatic carbocycles. The number of carbonyl (C=O) groups is 1. The van der Waals surface area contributed by atoms with E-state index >= 15 is 0 Å². The summed E-state index contributed by atoms with van der Waals surface area (Å²) < 4.78 is 23.8. The van der Waals surface area contributed by atoms with E-state index in [1.165, 1.54) is 0 Å². The van der Waals surface area contributed by atoms with Gasteiger partial charge in [0.2, 0.25) is 20.2 Å². The Morgan fingerprint density at radius 3 is 2.65 bits per heavy atom. The lowest BCUT2D eigenvalue weighted by Gasteiger charge is -2.03. The molecule has 0 saturated carbocycles. The fourth-order valence-corrected chi connectivity index (χ4v) is 1.99. The fourth-order valence-electron chi connectivity index (χ4n) is 0.950. The molecule has 1 aromatic heterocycles. The summed E-state index contributed by atoms with van der Waals surface area (Å²) in [5.74, 6) is -0.362. The van der Waals surface area contributed by atoms with E-state index in [0.717, 1.165) is 17.6 Å². The van der Waals surface area contributed by atoms with E-state index in [9.17, 15) is 13.2 Å². The number of nitrogens with zero attached hydrogens (tertiary/aromatic N) is 2. The number of carbonyl (C=O) groups excluding carboxylic acids is 1. The Morgan fingerprint density at radius 2 is 2.12 bits per heavy atom. The number of nitrogens with one attached hydrogen (secondary N) is 2. The van der Waals surface area contributed by atoms with Gasteiger partial charge in [-0.05, 0) is 6.42 Å². The van der Waals surface area contributed by atoms with Crippen molar-refractivity contribution in [2.45, 2.75) is 6.42 Å². The molecule has 1 rings (SSSR count). The number of nitrogens with two attached hydrogens (primary N) is 1. The van der Waals surface area contributed by atoms with E-state index in [1.54, 1.807) is 0 Å². The molecule has 1 amide bonds. The van der Waals surface area contributed by atoms with Gasteiger partial charge in [-0.2, -0.15) is 0 Å². The van der Waals surface area contributed by atoms with Crippen LogP contribution in [-0.4, -0.2) is 43.9 Å². The molecule has 0 bridgehead atoms. The monoisotopic (exact) mass is 279 g/mol. The zero-order chi connectivity index (χ0) is 12.9. The molecule has 1 aromatic rings. The number of sulfonamides is 1. The van der Waals surface area contributed by atoms with Crippen molar-refractivity contribution >= 4 is 32.4 Å². The third-order valence-electron chi connectivity index (χ3n) is 1.64. The lowest BCUT2D eigenvalue weighted by Crippen LogP contribution is -2.29. The summed E-state index contributed by atoms with van der Waals surface area (Å²) in [5, 5.41) is 10.1. The third kappa shape index (κ3) is 5.56. The van der Waals surface area contributed by atoms with Crippen LogP contribution in [0.1, 0.15) is 16.2 Å². The molecule has 0 spiro atoms. The topological polar surface area (TPSA) is 127 Å². The highest BCUT2D eigenvalue weighted by Crippen LogP contribution is 2.09. The molecule has 0 radical (unpaired) electrons. The van der Waals surface area contributed by atoms with Gasteiger partial charge in [0.05, 0.1) is 6.26 Å². The molecule has 0 unspecified atom stereocenters. The lowest BCUT2D eigenvalue weighted by atomic mass is 10.4. The van der Waals surface area contributed by atoms with E-state index in [4.69, 9.17) is 5.73 Å². The third-order valence-corrected chi connectivity index (χ3v) is 3.12. The number of anilines is 1. The zero-order valence-corrected chi connectivity index (χ0v) is 10.8. The molecular weight excluding hydrogens is 266 g/mol. The Labute approximate surface area is 103 Å². The van der Waals surface area contributed by atoms with Gasteiger partial charge in [-0.3, -0.25) is 4.79 Å². The van der Waals surface area contributed by atoms with E-state index in [0.29, 0.717) is 13.0 Å². The first-order chi connectivity index (χ1) is 7.88. The summed E-state index contributed by atoms with van der Waals surface area (Å²) in [7, 11) is -3.17. The zero-order valence-electron chi connectivity index (χ0n) is 9.13. The van der Waals surface area contributed by atoms with Crippen molar-refractivity contribution < 1.29 is 13.2 Å². The Bertz CT molecular complexity index is 483. The van der Waals surface area contributed by atoms with Crippen molar-refractivity contribution in [2.75, 3.05) is 25.1 Å². The maximum absolute atomic E-state index is 11.4. The van der Waals surface area contributed by atoms with Gasteiger partial charge in [0.25, 0.3) is 5.91 Å². The number of nitrogen functional groups attached to an aromatic ring is 1. The molecule has 0 aliphatic heterocycles. The molecule has 96 valence electrons. The number of hydrogen-bond acceptors (Lipinski definition) is 7. The summed E-state index contributed by atoms with van der Waals surface area (Å²) in [4.78, 5) is 11.4. The number of hydrogen-bond donors (Lipinski definition) is 3. The molecule has 0 aromatic carbocycles. The van der Waals surface area contributed by atoms with Gasteiger partial charge in [-0.1, -0.05) is 11.3 Å². The molecule has 0 atom stereocenters. The van der Waals surface area contributed by atoms with Gasteiger partial charge in [-0.25, -0.2) is 13.1 Å². The fraction of sp³-hybridized carbons (Fsp3) is 0.571. The average molecular weight is 279 g/mol. The first-order valence-electron chi connectivity index (χ1n) is 4.70. The second-order valence-electron chi connectivity index (χ2n) is 3.22. The first kappa shape index (κ1) is 13.8. The smallest absolute Gasteiger partial charge is 0.282 e. The highest BCUT2D eigenvalue weighted by atomic mass is 32.2. The minimum absolute atomic E-state index is 0.193. The Hall–Kier alpha value is -1.26. The maximum atomic E-state index is 11.4. The van der Waals surface area contributed by atoms with Crippen LogP contribution in [0.3, 0.4) is 0 Å². The second-order valence-corrected chi connectivity index (χ2v) is 6.06. The second kappa shape index (κ2) is 5.89. The summed E-state index contributed by atoms with van der Waals surface area (Å²) >= 11 is 0.996. The Kier molecular flexibility index (Phi) is 4.78. The molecule has 0 saturated heterocycles. The van der Waals surface area contributed by atoms with Crippen molar-refractivity contribution in [3.63, 3.8) is 0 Å². The molecule has 0 fully saturated rings. The van der Waals surface area contributed by atoms with Crippen LogP contribution < -0.4 is 15.8 Å². The molecule has 8 nitrogen and oxygen atoms in total. The quantitative estimate of drug-likeness (QED) is 0.561. The molecule has 0 aliphatic rings. The van der Waals surface area contributed by atoms with Crippen LogP contribution in [0.5, 0.6) is 0 Å². The van der Waals surface area contributed by atoms with Crippen LogP contribution in [-0.2, 0) is 10.0 Å². The number of rotatable bonds is 6. The van der Waals surface area contributed by atoms with Gasteiger partial charge in [0.15, 0.2) is 0 Å². The van der Waals surface area contributed by atoms with E-state index in [2.05, 4.69) is 20.2 Å². The van der Waals surface area contributed by atoms with Crippen molar-refractivity contribution in [1.82, 2.24) is 20.2 Å². The van der Waals surface area contributed by atoms with Crippen LogP contribution in [0.2, 0.25) is 0 Å². The SMILES string of the molecule is CS(=O)(=O)NCCCNC(=O)c1nnc(N)s1. The Morgan fingerprint density at radius 1 is 1.41 bits per heavy atom. The molecule has 10 heteroatoms. The van der Waals surface area contributed by atoms with Crippen LogP contribution in [0.15, 0.2) is 0 Å². The number of amides is 1. The lowest BCUT2D eigenvalue weighted by molar-refractivity contribution is 0.0952. The van der Waals surface area contributed by atoms with Crippen LogP contribution in [0, 0.1) is 0 Å². The predicted octanol–water partition coefficient (Wildman–Crippen LogP) is -1.21. The van der Waals surface area contributed by atoms with E-state index < -0.39 is 10.0 Å². The van der Waals surface area contributed by atoms with Crippen LogP contribution in [0.4, 0.5) is 5.13 Å². The predicted molar refractivity (Wildman–Crippen MR) is 64.1 cm³/mol. The highest BCUT2D eigenvalue weighted by Gasteiger charge is 2.10. The van der Waals surface area contributed by atoms with Gasteiger partial charge in [-0.15, -0.1) is 10.2 Å². The molecular formula is C7H13N5O3S2. The van der Waals surface area contributed by atoms with Crippen molar-refractivity contribution in [1.29, 1.82) is 0 Å². The van der Waals surface area contributed by atoms with Gasteiger partial charge in [0, 0.05) is 13.1 Å². The van der Waals surface area contributed by atoms with Gasteiger partial charge >= 0.3 is 0 Å². The van der Waals surface area contributed by atoms with Gasteiger partial charge in [0.1, 0.15) is 0 Å². The van der Waals surface area contributed by atoms with Crippen LogP contribution >= 0.6 is 11.3 Å². The summed E-state index contributed by atoms with van der Waals surface area (Å²) in [6.07, 6.45) is 1.57. The highest BCUT2D eigenvalue weighted by molar-refractivity contribution is 7.88. The summed E-state index contributed by atoms with van der Waals surface area (Å²) in [6.45, 7) is 0.623. The first-order valence-corrected chi connectivity index (χ1v) is 7.41. The largest absolute Gasteiger partial charge is 0.374 e. The van der Waals surface area contributed by atoms with Crippen molar-refractivity contribution in [3.05, 3.63) is 5.01 Å². The van der Waals surface area contributed by atoms with E-state index in [1.807, 2.05) is 0 Å². The molecule has 17 heavy (non-hydrogen) atoms. The molecule has 1 heterocycles. The minimum Gasteiger partial charge on any atom is -0.374 e. The summed E-state index contributed by atoms with van der Waals surface area (Å²) in [5.41, 5.74) is 5.33. The maximum Gasteiger partial charge on any atom is 0.282 e. The van der Waals surface area contributed by atoms with E-state index in [-0.39, 0.29) is 22.6 Å². The summed E-state index contributed by atoms with van der Waals surface area (Å²) in [6, 6.07) is 0. The normalized spacial score (nSPS) is 11.4. The minimum atomic E-state index is -3.17. The van der Waals surface area contributed by atoms with Crippen molar-refractivity contribution in [2.24, 2.45) is 0 Å². The van der Waals surface area contributed by atoms with Crippen LogP contribution in [0.25, 0.3) is 0 Å². The van der Waals surface area contributed by atoms with Gasteiger partial charge < -0.3 is 11.1 Å². The average Bonchev–Trinajstić information content (AvgIpc) is 2.62. The van der Waals surface area contributed by atoms with Crippen molar-refractivity contribution in [3.8, 4) is 0 Å². The Balaban J connectivity index is 2.21. The number of aromatic nitrogens is 2.